The zero-order valence-electron chi connectivity index (χ0n) is 23.9. The molecule has 0 spiro atoms. The minimum absolute atomic E-state index is 0.0522. The number of methoxy groups -OCH3 is 1. The smallest absolute Gasteiger partial charge is 0.416 e. The summed E-state index contributed by atoms with van der Waals surface area (Å²) in [5.41, 5.74) is -3.26. The van der Waals surface area contributed by atoms with Crippen LogP contribution < -0.4 is 10.1 Å². The van der Waals surface area contributed by atoms with Crippen LogP contribution in [0.4, 0.5) is 32.2 Å². The fourth-order valence-corrected chi connectivity index (χ4v) is 4.03. The predicted molar refractivity (Wildman–Crippen MR) is 145 cm³/mol. The van der Waals surface area contributed by atoms with Crippen molar-refractivity contribution in [1.82, 2.24) is 14.7 Å². The second-order valence-electron chi connectivity index (χ2n) is 11.2. The van der Waals surface area contributed by atoms with E-state index in [1.54, 1.807) is 44.2 Å². The molecule has 0 unspecified atom stereocenters. The van der Waals surface area contributed by atoms with Crippen LogP contribution in [0.2, 0.25) is 0 Å². The van der Waals surface area contributed by atoms with E-state index in [0.717, 1.165) is 4.90 Å². The summed E-state index contributed by atoms with van der Waals surface area (Å²) in [5.74, 6) is -1.27. The van der Waals surface area contributed by atoms with Gasteiger partial charge < -0.3 is 15.0 Å². The van der Waals surface area contributed by atoms with Crippen LogP contribution in [0.1, 0.15) is 61.8 Å². The van der Waals surface area contributed by atoms with Gasteiger partial charge in [-0.15, -0.1) is 0 Å². The monoisotopic (exact) mass is 598 g/mol. The third kappa shape index (κ3) is 8.04. The minimum Gasteiger partial charge on any atom is -0.497 e. The number of nitrogens with zero attached hydrogens (tertiary/aromatic N) is 3. The topological polar surface area (TPSA) is 76.5 Å². The molecule has 0 fully saturated rings. The number of aromatic nitrogens is 2. The van der Waals surface area contributed by atoms with Crippen molar-refractivity contribution in [2.75, 3.05) is 25.5 Å². The molecule has 0 radical (unpaired) electrons. The fraction of sp³-hybridized carbons (Fsp3) is 0.414. The van der Waals surface area contributed by atoms with E-state index in [1.807, 2.05) is 20.8 Å². The van der Waals surface area contributed by atoms with Crippen LogP contribution in [-0.2, 0) is 22.6 Å². The van der Waals surface area contributed by atoms with Crippen molar-refractivity contribution in [1.29, 1.82) is 0 Å². The average molecular weight is 599 g/mol. The summed E-state index contributed by atoms with van der Waals surface area (Å²) in [6.07, 6.45) is -10.2. The highest BCUT2D eigenvalue weighted by atomic mass is 19.4. The Kier molecular flexibility index (Phi) is 9.33. The molecule has 42 heavy (non-hydrogen) atoms. The average Bonchev–Trinajstić information content (AvgIpc) is 3.30. The Morgan fingerprint density at radius 2 is 1.48 bits per heavy atom. The summed E-state index contributed by atoms with van der Waals surface area (Å²) < 4.78 is 87.0. The van der Waals surface area contributed by atoms with E-state index in [0.29, 0.717) is 29.3 Å². The summed E-state index contributed by atoms with van der Waals surface area (Å²) in [6.45, 7) is 8.42. The highest BCUT2D eigenvalue weighted by molar-refractivity contribution is 5.99. The van der Waals surface area contributed by atoms with Gasteiger partial charge in [-0.1, -0.05) is 34.6 Å². The molecule has 1 N–H and O–H groups in total. The third-order valence-corrected chi connectivity index (χ3v) is 6.10. The number of carbonyl (C=O) groups is 2. The van der Waals surface area contributed by atoms with E-state index < -0.39 is 52.8 Å². The van der Waals surface area contributed by atoms with Crippen LogP contribution in [0.15, 0.2) is 48.5 Å². The number of anilines is 1. The van der Waals surface area contributed by atoms with Crippen LogP contribution in [0.5, 0.6) is 5.75 Å². The molecular weight excluding hydrogens is 566 g/mol. The molecule has 0 atom stereocenters. The summed E-state index contributed by atoms with van der Waals surface area (Å²) in [6, 6.07) is 9.15. The lowest BCUT2D eigenvalue weighted by molar-refractivity contribution is -0.143. The molecule has 0 bridgehead atoms. The van der Waals surface area contributed by atoms with Crippen molar-refractivity contribution in [3.8, 4) is 11.4 Å². The number of hydrogen-bond donors (Lipinski definition) is 1. The number of alkyl halides is 6. The molecule has 0 aliphatic heterocycles. The quantitative estimate of drug-likeness (QED) is 0.285. The zero-order chi connectivity index (χ0) is 31.6. The van der Waals surface area contributed by atoms with Crippen molar-refractivity contribution >= 4 is 17.6 Å². The summed E-state index contributed by atoms with van der Waals surface area (Å²) in [7, 11) is 1.51. The van der Waals surface area contributed by atoms with Gasteiger partial charge in [0, 0.05) is 23.6 Å². The first-order valence-electron chi connectivity index (χ1n) is 12.9. The fourth-order valence-electron chi connectivity index (χ4n) is 4.03. The lowest BCUT2D eigenvalue weighted by Gasteiger charge is -2.25. The van der Waals surface area contributed by atoms with E-state index in [-0.39, 0.29) is 24.3 Å². The summed E-state index contributed by atoms with van der Waals surface area (Å²) in [4.78, 5) is 27.4. The Morgan fingerprint density at radius 1 is 0.929 bits per heavy atom. The van der Waals surface area contributed by atoms with Crippen molar-refractivity contribution in [3.63, 3.8) is 0 Å². The van der Waals surface area contributed by atoms with Gasteiger partial charge in [0.15, 0.2) is 0 Å². The van der Waals surface area contributed by atoms with Gasteiger partial charge in [0.25, 0.3) is 5.91 Å². The molecule has 3 rings (SSSR count). The normalized spacial score (nSPS) is 12.4. The first-order valence-corrected chi connectivity index (χ1v) is 12.9. The zero-order valence-corrected chi connectivity index (χ0v) is 23.9. The Hall–Kier alpha value is -4.03. The Bertz CT molecular complexity index is 1390. The van der Waals surface area contributed by atoms with Crippen molar-refractivity contribution in [2.24, 2.45) is 5.92 Å². The number of halogens is 6. The van der Waals surface area contributed by atoms with Crippen LogP contribution in [-0.4, -0.2) is 46.7 Å². The number of rotatable bonds is 8. The second-order valence-corrected chi connectivity index (χ2v) is 11.2. The third-order valence-electron chi connectivity index (χ3n) is 6.10. The maximum Gasteiger partial charge on any atom is 0.416 e. The maximum absolute atomic E-state index is 13.4. The van der Waals surface area contributed by atoms with Crippen LogP contribution in [0.25, 0.3) is 5.69 Å². The standard InChI is InChI=1S/C29H32F6N4O3/c1-17(2)15-38(26(41)18-11-19(28(30,31)32)13-20(12-18)29(33,34)35)16-25(40)36-24-14-23(27(3,4)5)37-39(24)21-7-9-22(42-6)10-8-21/h7-14,17H,15-16H2,1-6H3,(H,36,40). The lowest BCUT2D eigenvalue weighted by Crippen LogP contribution is -2.40. The molecule has 0 saturated heterocycles. The molecule has 0 saturated carbocycles. The second kappa shape index (κ2) is 12.1. The van der Waals surface area contributed by atoms with Gasteiger partial charge in [-0.05, 0) is 48.4 Å². The molecule has 0 aliphatic rings. The Balaban J connectivity index is 1.96. The highest BCUT2D eigenvalue weighted by Crippen LogP contribution is 2.36. The maximum atomic E-state index is 13.4. The molecule has 7 nitrogen and oxygen atoms in total. The van der Waals surface area contributed by atoms with Crippen molar-refractivity contribution < 1.29 is 40.7 Å². The van der Waals surface area contributed by atoms with E-state index in [9.17, 15) is 35.9 Å². The molecule has 228 valence electrons. The van der Waals surface area contributed by atoms with E-state index >= 15 is 0 Å². The Labute approximate surface area is 239 Å². The first kappa shape index (κ1) is 32.5. The van der Waals surface area contributed by atoms with Crippen molar-refractivity contribution in [3.05, 3.63) is 70.9 Å². The van der Waals surface area contributed by atoms with Crippen LogP contribution in [0, 0.1) is 5.92 Å². The molecule has 13 heteroatoms. The van der Waals surface area contributed by atoms with Crippen LogP contribution >= 0.6 is 0 Å². The van der Waals surface area contributed by atoms with E-state index in [2.05, 4.69) is 10.4 Å². The van der Waals surface area contributed by atoms with Gasteiger partial charge >= 0.3 is 12.4 Å². The minimum atomic E-state index is -5.12. The number of amides is 2. The number of hydrogen-bond acceptors (Lipinski definition) is 4. The first-order chi connectivity index (χ1) is 19.3. The van der Waals surface area contributed by atoms with E-state index in [4.69, 9.17) is 4.74 Å². The molecule has 3 aromatic rings. The molecular formula is C29H32F6N4O3. The molecule has 2 amide bonds. The van der Waals surface area contributed by atoms with Gasteiger partial charge in [-0.3, -0.25) is 9.59 Å². The van der Waals surface area contributed by atoms with Crippen molar-refractivity contribution in [2.45, 2.75) is 52.4 Å². The number of ether oxygens (including phenoxy) is 1. The largest absolute Gasteiger partial charge is 0.497 e. The summed E-state index contributed by atoms with van der Waals surface area (Å²) in [5, 5.41) is 7.29. The molecule has 0 aliphatic carbocycles. The Morgan fingerprint density at radius 3 is 1.93 bits per heavy atom. The van der Waals surface area contributed by atoms with Gasteiger partial charge in [0.1, 0.15) is 18.1 Å². The molecule has 2 aromatic carbocycles. The number of carbonyl (C=O) groups excluding carboxylic acids is 2. The number of nitrogens with one attached hydrogen (secondary N) is 1. The SMILES string of the molecule is COc1ccc(-n2nc(C(C)(C)C)cc2NC(=O)CN(CC(C)C)C(=O)c2cc(C(F)(F)F)cc(C(F)(F)F)c2)cc1. The highest BCUT2D eigenvalue weighted by Gasteiger charge is 2.38. The van der Waals surface area contributed by atoms with Crippen LogP contribution in [0.3, 0.4) is 0 Å². The summed E-state index contributed by atoms with van der Waals surface area (Å²) >= 11 is 0. The number of benzene rings is 2. The van der Waals surface area contributed by atoms with Gasteiger partial charge in [0.2, 0.25) is 5.91 Å². The van der Waals surface area contributed by atoms with E-state index in [1.165, 1.54) is 11.8 Å². The molecule has 1 aromatic heterocycles. The predicted octanol–water partition coefficient (Wildman–Crippen LogP) is 6.95. The molecule has 1 heterocycles. The van der Waals surface area contributed by atoms with Gasteiger partial charge in [0.05, 0.1) is 29.6 Å². The lowest BCUT2D eigenvalue weighted by atomic mass is 9.92. The van der Waals surface area contributed by atoms with Gasteiger partial charge in [-0.25, -0.2) is 4.68 Å². The van der Waals surface area contributed by atoms with Gasteiger partial charge in [-0.2, -0.15) is 31.4 Å².